The van der Waals surface area contributed by atoms with E-state index >= 15 is 0 Å². The van der Waals surface area contributed by atoms with Crippen LogP contribution >= 0.6 is 34.8 Å². The van der Waals surface area contributed by atoms with Crippen molar-refractivity contribution in [3.05, 3.63) is 32.8 Å². The molecule has 0 amide bonds. The lowest BCUT2D eigenvalue weighted by molar-refractivity contribution is 0.296. The third-order valence-electron chi connectivity index (χ3n) is 2.38. The van der Waals surface area contributed by atoms with Gasteiger partial charge < -0.3 is 0 Å². The van der Waals surface area contributed by atoms with Crippen LogP contribution in [-0.4, -0.2) is 18.0 Å². The van der Waals surface area contributed by atoms with Crippen LogP contribution < -0.4 is 0 Å². The predicted molar refractivity (Wildman–Crippen MR) is 68.1 cm³/mol. The van der Waals surface area contributed by atoms with E-state index < -0.39 is 0 Å². The monoisotopic (exact) mass is 265 g/mol. The summed E-state index contributed by atoms with van der Waals surface area (Å²) in [5, 5.41) is 1.85. The SMILES string of the molecule is CCN(CC)Cc1c(Cl)cc(Cl)cc1Cl. The first-order chi connectivity index (χ1) is 7.08. The van der Waals surface area contributed by atoms with E-state index in [-0.39, 0.29) is 0 Å². The molecule has 0 aliphatic heterocycles. The van der Waals surface area contributed by atoms with Gasteiger partial charge in [-0.05, 0) is 25.2 Å². The Bertz CT molecular complexity index is 312. The Labute approximate surface area is 106 Å². The number of benzene rings is 1. The minimum atomic E-state index is 0.577. The van der Waals surface area contributed by atoms with Crippen LogP contribution in [0.3, 0.4) is 0 Å². The largest absolute Gasteiger partial charge is 0.300 e. The number of hydrogen-bond donors (Lipinski definition) is 0. The van der Waals surface area contributed by atoms with Crippen molar-refractivity contribution in [3.63, 3.8) is 0 Å². The van der Waals surface area contributed by atoms with Gasteiger partial charge in [-0.1, -0.05) is 48.7 Å². The average molecular weight is 267 g/mol. The molecule has 0 unspecified atom stereocenters. The highest BCUT2D eigenvalue weighted by atomic mass is 35.5. The first-order valence-electron chi connectivity index (χ1n) is 4.94. The Morgan fingerprint density at radius 3 is 1.87 bits per heavy atom. The van der Waals surface area contributed by atoms with Gasteiger partial charge in [0.15, 0.2) is 0 Å². The average Bonchev–Trinajstić information content (AvgIpc) is 2.17. The van der Waals surface area contributed by atoms with Gasteiger partial charge in [-0.3, -0.25) is 4.90 Å². The van der Waals surface area contributed by atoms with Crippen molar-refractivity contribution in [1.29, 1.82) is 0 Å². The number of nitrogens with zero attached hydrogens (tertiary/aromatic N) is 1. The van der Waals surface area contributed by atoms with E-state index in [4.69, 9.17) is 34.8 Å². The van der Waals surface area contributed by atoms with Gasteiger partial charge in [0.1, 0.15) is 0 Å². The van der Waals surface area contributed by atoms with Gasteiger partial charge in [-0.15, -0.1) is 0 Å². The van der Waals surface area contributed by atoms with Crippen LogP contribution in [-0.2, 0) is 6.54 Å². The van der Waals surface area contributed by atoms with Crippen LogP contribution in [0.5, 0.6) is 0 Å². The fourth-order valence-electron chi connectivity index (χ4n) is 1.39. The molecular formula is C11H14Cl3N. The molecule has 1 rings (SSSR count). The lowest BCUT2D eigenvalue weighted by Gasteiger charge is -2.19. The Morgan fingerprint density at radius 2 is 1.47 bits per heavy atom. The highest BCUT2D eigenvalue weighted by Crippen LogP contribution is 2.29. The maximum absolute atomic E-state index is 6.10. The van der Waals surface area contributed by atoms with Crippen molar-refractivity contribution < 1.29 is 0 Å². The summed E-state index contributed by atoms with van der Waals surface area (Å²) in [6.45, 7) is 6.95. The minimum absolute atomic E-state index is 0.577. The molecule has 1 nitrogen and oxygen atoms in total. The first kappa shape index (κ1) is 13.1. The minimum Gasteiger partial charge on any atom is -0.300 e. The number of hydrogen-bond acceptors (Lipinski definition) is 1. The van der Waals surface area contributed by atoms with Crippen molar-refractivity contribution in [2.24, 2.45) is 0 Å². The van der Waals surface area contributed by atoms with Crippen molar-refractivity contribution in [2.45, 2.75) is 20.4 Å². The molecular weight excluding hydrogens is 252 g/mol. The van der Waals surface area contributed by atoms with E-state index in [0.29, 0.717) is 15.1 Å². The van der Waals surface area contributed by atoms with Gasteiger partial charge in [-0.25, -0.2) is 0 Å². The highest BCUT2D eigenvalue weighted by Gasteiger charge is 2.10. The molecule has 0 fully saturated rings. The summed E-state index contributed by atoms with van der Waals surface area (Å²) in [6.07, 6.45) is 0. The van der Waals surface area contributed by atoms with Crippen LogP contribution in [0.4, 0.5) is 0 Å². The summed E-state index contributed by atoms with van der Waals surface area (Å²) >= 11 is 18.0. The standard InChI is InChI=1S/C11H14Cl3N/c1-3-15(4-2)7-9-10(13)5-8(12)6-11(9)14/h5-6H,3-4,7H2,1-2H3. The molecule has 15 heavy (non-hydrogen) atoms. The topological polar surface area (TPSA) is 3.24 Å². The third-order valence-corrected chi connectivity index (χ3v) is 3.27. The Hall–Kier alpha value is 0.0500. The summed E-state index contributed by atoms with van der Waals surface area (Å²) < 4.78 is 0. The van der Waals surface area contributed by atoms with Gasteiger partial charge in [0, 0.05) is 27.2 Å². The zero-order valence-electron chi connectivity index (χ0n) is 8.86. The second-order valence-electron chi connectivity index (χ2n) is 3.31. The molecule has 1 aromatic carbocycles. The normalized spacial score (nSPS) is 11.1. The summed E-state index contributed by atoms with van der Waals surface area (Å²) in [5.74, 6) is 0. The zero-order chi connectivity index (χ0) is 11.4. The maximum Gasteiger partial charge on any atom is 0.0480 e. The van der Waals surface area contributed by atoms with Crippen LogP contribution in [0.25, 0.3) is 0 Å². The molecule has 0 aromatic heterocycles. The summed E-state index contributed by atoms with van der Waals surface area (Å²) in [6, 6.07) is 3.46. The van der Waals surface area contributed by atoms with E-state index in [0.717, 1.165) is 25.2 Å². The molecule has 84 valence electrons. The Kier molecular flexibility index (Phi) is 5.20. The summed E-state index contributed by atoms with van der Waals surface area (Å²) in [4.78, 5) is 2.25. The molecule has 0 radical (unpaired) electrons. The lowest BCUT2D eigenvalue weighted by atomic mass is 10.2. The smallest absolute Gasteiger partial charge is 0.0480 e. The fraction of sp³-hybridized carbons (Fsp3) is 0.455. The van der Waals surface area contributed by atoms with E-state index in [1.54, 1.807) is 12.1 Å². The number of rotatable bonds is 4. The van der Waals surface area contributed by atoms with E-state index in [1.165, 1.54) is 0 Å². The summed E-state index contributed by atoms with van der Waals surface area (Å²) in [7, 11) is 0. The van der Waals surface area contributed by atoms with Crippen LogP contribution in [0.1, 0.15) is 19.4 Å². The van der Waals surface area contributed by atoms with Gasteiger partial charge in [0.2, 0.25) is 0 Å². The van der Waals surface area contributed by atoms with E-state index in [1.807, 2.05) is 0 Å². The molecule has 1 aromatic rings. The number of halogens is 3. The van der Waals surface area contributed by atoms with Gasteiger partial charge >= 0.3 is 0 Å². The molecule has 0 bridgehead atoms. The molecule has 0 atom stereocenters. The van der Waals surface area contributed by atoms with Crippen molar-refractivity contribution >= 4 is 34.8 Å². The molecule has 0 aliphatic carbocycles. The summed E-state index contributed by atoms with van der Waals surface area (Å²) in [5.41, 5.74) is 0.950. The molecule has 0 spiro atoms. The molecule has 0 saturated heterocycles. The Balaban J connectivity index is 2.94. The highest BCUT2D eigenvalue weighted by molar-refractivity contribution is 6.39. The van der Waals surface area contributed by atoms with Gasteiger partial charge in [0.25, 0.3) is 0 Å². The quantitative estimate of drug-likeness (QED) is 0.776. The molecule has 0 saturated carbocycles. The van der Waals surface area contributed by atoms with Crippen LogP contribution in [0, 0.1) is 0 Å². The predicted octanol–water partition coefficient (Wildman–Crippen LogP) is 4.49. The molecule has 4 heteroatoms. The van der Waals surface area contributed by atoms with Crippen LogP contribution in [0.2, 0.25) is 15.1 Å². The second-order valence-corrected chi connectivity index (χ2v) is 4.56. The zero-order valence-corrected chi connectivity index (χ0v) is 11.1. The van der Waals surface area contributed by atoms with E-state index in [9.17, 15) is 0 Å². The van der Waals surface area contributed by atoms with Crippen molar-refractivity contribution in [2.75, 3.05) is 13.1 Å². The van der Waals surface area contributed by atoms with Crippen LogP contribution in [0.15, 0.2) is 12.1 Å². The second kappa shape index (κ2) is 5.95. The van der Waals surface area contributed by atoms with Gasteiger partial charge in [0.05, 0.1) is 0 Å². The molecule has 0 N–H and O–H groups in total. The maximum atomic E-state index is 6.10. The molecule has 0 aliphatic rings. The first-order valence-corrected chi connectivity index (χ1v) is 6.07. The van der Waals surface area contributed by atoms with Crippen molar-refractivity contribution in [3.8, 4) is 0 Å². The third kappa shape index (κ3) is 3.53. The fourth-order valence-corrected chi connectivity index (χ4v) is 2.33. The van der Waals surface area contributed by atoms with Gasteiger partial charge in [-0.2, -0.15) is 0 Å². The lowest BCUT2D eigenvalue weighted by Crippen LogP contribution is -2.22. The Morgan fingerprint density at radius 1 is 1.00 bits per heavy atom. The van der Waals surface area contributed by atoms with Crippen molar-refractivity contribution in [1.82, 2.24) is 4.90 Å². The molecule has 0 heterocycles. The van der Waals surface area contributed by atoms with E-state index in [2.05, 4.69) is 18.7 Å².